The molecule has 1 aromatic carbocycles. The Hall–Kier alpha value is -1.56. The first-order valence-corrected chi connectivity index (χ1v) is 8.32. The van der Waals surface area contributed by atoms with Gasteiger partial charge in [-0.1, -0.05) is 17.7 Å². The van der Waals surface area contributed by atoms with Crippen LogP contribution in [-0.4, -0.2) is 41.2 Å². The van der Waals surface area contributed by atoms with Crippen molar-refractivity contribution in [2.45, 2.75) is 18.6 Å². The van der Waals surface area contributed by atoms with E-state index in [4.69, 9.17) is 16.3 Å². The van der Waals surface area contributed by atoms with Crippen LogP contribution in [0.5, 0.6) is 5.75 Å². The maximum Gasteiger partial charge on any atom is 0.264 e. The molecule has 2 atom stereocenters. The van der Waals surface area contributed by atoms with Gasteiger partial charge in [0.05, 0.1) is 11.4 Å². The maximum absolute atomic E-state index is 12.3. The number of hydrogen-bond acceptors (Lipinski definition) is 4. The monoisotopic (exact) mass is 337 g/mol. The van der Waals surface area contributed by atoms with Crippen LogP contribution in [0.3, 0.4) is 0 Å². The number of nitrogens with zero attached hydrogens (tertiary/aromatic N) is 1. The molecule has 0 spiro atoms. The Morgan fingerprint density at radius 3 is 2.73 bits per heavy atom. The van der Waals surface area contributed by atoms with Crippen LogP contribution in [0.2, 0.25) is 5.02 Å². The average Bonchev–Trinajstić information content (AvgIpc) is 3.05. The van der Waals surface area contributed by atoms with Gasteiger partial charge in [0.15, 0.2) is 0 Å². The molecule has 1 N–H and O–H groups in total. The fraction of sp³-hybridized carbons (Fsp3) is 0.312. The largest absolute Gasteiger partial charge is 0.488 e. The molecule has 116 valence electrons. The number of aliphatic hydroxyl groups excluding tert-OH is 1. The third-order valence-corrected chi connectivity index (χ3v) is 4.75. The Labute approximate surface area is 137 Å². The smallest absolute Gasteiger partial charge is 0.264 e. The van der Waals surface area contributed by atoms with Crippen molar-refractivity contribution in [2.24, 2.45) is 0 Å². The summed E-state index contributed by atoms with van der Waals surface area (Å²) < 4.78 is 5.80. The van der Waals surface area contributed by atoms with E-state index in [1.165, 1.54) is 11.3 Å². The van der Waals surface area contributed by atoms with E-state index in [1.54, 1.807) is 35.2 Å². The molecule has 0 aliphatic carbocycles. The van der Waals surface area contributed by atoms with E-state index < -0.39 is 6.10 Å². The lowest BCUT2D eigenvalue weighted by atomic mass is 10.0. The van der Waals surface area contributed by atoms with Crippen LogP contribution in [0, 0.1) is 0 Å². The number of carbonyl (C=O) groups excluding carboxylic acids is 1. The molecule has 0 saturated carbocycles. The third kappa shape index (κ3) is 3.43. The molecule has 4 nitrogen and oxygen atoms in total. The predicted octanol–water partition coefficient (Wildman–Crippen LogP) is 3.06. The first-order valence-electron chi connectivity index (χ1n) is 7.06. The lowest BCUT2D eigenvalue weighted by molar-refractivity contribution is -0.0197. The van der Waals surface area contributed by atoms with E-state index >= 15 is 0 Å². The second kappa shape index (κ2) is 6.69. The zero-order valence-electron chi connectivity index (χ0n) is 11.8. The summed E-state index contributed by atoms with van der Waals surface area (Å²) in [6.07, 6.45) is -0.414. The van der Waals surface area contributed by atoms with Crippen molar-refractivity contribution in [3.05, 3.63) is 51.7 Å². The highest BCUT2D eigenvalue weighted by molar-refractivity contribution is 7.12. The van der Waals surface area contributed by atoms with Gasteiger partial charge in [-0.2, -0.15) is 0 Å². The topological polar surface area (TPSA) is 49.8 Å². The van der Waals surface area contributed by atoms with Crippen molar-refractivity contribution in [1.82, 2.24) is 4.90 Å². The molecule has 2 aromatic rings. The molecule has 6 heteroatoms. The predicted molar refractivity (Wildman–Crippen MR) is 86.7 cm³/mol. The first-order chi connectivity index (χ1) is 10.6. The Kier molecular flexibility index (Phi) is 4.66. The van der Waals surface area contributed by atoms with Gasteiger partial charge in [-0.25, -0.2) is 0 Å². The standard InChI is InChI=1S/C16H16ClNO3S/c17-11-3-5-12(6-4-11)21-14-7-8-18(10-13(14)19)16(20)15-2-1-9-22-15/h1-6,9,13-14,19H,7-8,10H2/t13-,14-/m1/s1. The number of halogens is 1. The van der Waals surface area contributed by atoms with Gasteiger partial charge in [0, 0.05) is 18.0 Å². The van der Waals surface area contributed by atoms with Crippen molar-refractivity contribution in [2.75, 3.05) is 13.1 Å². The van der Waals surface area contributed by atoms with Crippen LogP contribution in [0.15, 0.2) is 41.8 Å². The van der Waals surface area contributed by atoms with Crippen molar-refractivity contribution in [3.8, 4) is 5.75 Å². The number of amides is 1. The zero-order chi connectivity index (χ0) is 15.5. The number of ether oxygens (including phenoxy) is 1. The summed E-state index contributed by atoms with van der Waals surface area (Å²) in [4.78, 5) is 14.7. The molecule has 1 amide bonds. The number of carbonyl (C=O) groups is 1. The number of thiophene rings is 1. The molecule has 1 aliphatic heterocycles. The summed E-state index contributed by atoms with van der Waals surface area (Å²) in [5.74, 6) is 0.644. The zero-order valence-corrected chi connectivity index (χ0v) is 13.4. The average molecular weight is 338 g/mol. The molecule has 1 aromatic heterocycles. The maximum atomic E-state index is 12.3. The quantitative estimate of drug-likeness (QED) is 0.936. The number of rotatable bonds is 3. The summed E-state index contributed by atoms with van der Waals surface area (Å²) in [5.41, 5.74) is 0. The van der Waals surface area contributed by atoms with Gasteiger partial charge in [-0.05, 0) is 35.7 Å². The van der Waals surface area contributed by atoms with Gasteiger partial charge in [-0.3, -0.25) is 4.79 Å². The molecule has 1 saturated heterocycles. The number of β-amino-alcohol motifs (C(OH)–C–C–N with tert-alkyl or cyclic N) is 1. The lowest BCUT2D eigenvalue weighted by Crippen LogP contribution is -2.50. The highest BCUT2D eigenvalue weighted by Gasteiger charge is 2.32. The molecule has 1 fully saturated rings. The third-order valence-electron chi connectivity index (χ3n) is 3.64. The summed E-state index contributed by atoms with van der Waals surface area (Å²) in [6.45, 7) is 0.862. The van der Waals surface area contributed by atoms with E-state index in [9.17, 15) is 9.90 Å². The van der Waals surface area contributed by atoms with Gasteiger partial charge in [0.1, 0.15) is 18.0 Å². The van der Waals surface area contributed by atoms with Crippen LogP contribution < -0.4 is 4.74 Å². The number of aliphatic hydroxyl groups is 1. The minimum Gasteiger partial charge on any atom is -0.488 e. The Morgan fingerprint density at radius 2 is 2.09 bits per heavy atom. The van der Waals surface area contributed by atoms with Crippen LogP contribution in [0.25, 0.3) is 0 Å². The van der Waals surface area contributed by atoms with E-state index in [1.807, 2.05) is 11.4 Å². The van der Waals surface area contributed by atoms with E-state index in [0.29, 0.717) is 28.6 Å². The molecule has 3 rings (SSSR count). The number of likely N-dealkylation sites (tertiary alicyclic amines) is 1. The van der Waals surface area contributed by atoms with Gasteiger partial charge < -0.3 is 14.7 Å². The Bertz CT molecular complexity index is 629. The highest BCUT2D eigenvalue weighted by atomic mass is 35.5. The second-order valence-corrected chi connectivity index (χ2v) is 6.58. The fourth-order valence-corrected chi connectivity index (χ4v) is 3.29. The normalized spacial score (nSPS) is 21.6. The van der Waals surface area contributed by atoms with Crippen molar-refractivity contribution < 1.29 is 14.6 Å². The molecule has 0 bridgehead atoms. The number of piperidine rings is 1. The van der Waals surface area contributed by atoms with Crippen LogP contribution in [0.4, 0.5) is 0 Å². The number of hydrogen-bond donors (Lipinski definition) is 1. The van der Waals surface area contributed by atoms with Crippen LogP contribution >= 0.6 is 22.9 Å². The summed E-state index contributed by atoms with van der Waals surface area (Å²) in [5, 5.41) is 12.8. The summed E-state index contributed by atoms with van der Waals surface area (Å²) in [6, 6.07) is 10.7. The van der Waals surface area contributed by atoms with E-state index in [0.717, 1.165) is 0 Å². The van der Waals surface area contributed by atoms with E-state index in [-0.39, 0.29) is 18.6 Å². The molecular weight excluding hydrogens is 322 g/mol. The van der Waals surface area contributed by atoms with Gasteiger partial charge in [-0.15, -0.1) is 11.3 Å². The molecule has 22 heavy (non-hydrogen) atoms. The SMILES string of the molecule is O=C(c1cccs1)N1CC[C@@H](Oc2ccc(Cl)cc2)[C@H](O)C1. The molecule has 1 aliphatic rings. The molecular formula is C16H16ClNO3S. The van der Waals surface area contributed by atoms with E-state index in [2.05, 4.69) is 0 Å². The van der Waals surface area contributed by atoms with Crippen molar-refractivity contribution in [1.29, 1.82) is 0 Å². The minimum absolute atomic E-state index is 0.0287. The van der Waals surface area contributed by atoms with Gasteiger partial charge in [0.25, 0.3) is 5.91 Å². The van der Waals surface area contributed by atoms with Gasteiger partial charge in [0.2, 0.25) is 0 Å². The minimum atomic E-state index is -0.701. The molecule has 0 unspecified atom stereocenters. The highest BCUT2D eigenvalue weighted by Crippen LogP contribution is 2.23. The van der Waals surface area contributed by atoms with Crippen molar-refractivity contribution >= 4 is 28.8 Å². The molecule has 0 radical (unpaired) electrons. The Balaban J connectivity index is 1.60. The first kappa shape index (κ1) is 15.3. The lowest BCUT2D eigenvalue weighted by Gasteiger charge is -2.35. The van der Waals surface area contributed by atoms with Crippen LogP contribution in [-0.2, 0) is 0 Å². The number of benzene rings is 1. The fourth-order valence-electron chi connectivity index (χ4n) is 2.48. The second-order valence-electron chi connectivity index (χ2n) is 5.19. The summed E-state index contributed by atoms with van der Waals surface area (Å²) >= 11 is 7.25. The van der Waals surface area contributed by atoms with Crippen LogP contribution in [0.1, 0.15) is 16.1 Å². The Morgan fingerprint density at radius 1 is 1.32 bits per heavy atom. The molecule has 2 heterocycles. The summed E-state index contributed by atoms with van der Waals surface area (Å²) in [7, 11) is 0. The van der Waals surface area contributed by atoms with Crippen molar-refractivity contribution in [3.63, 3.8) is 0 Å². The van der Waals surface area contributed by atoms with Gasteiger partial charge >= 0.3 is 0 Å².